The summed E-state index contributed by atoms with van der Waals surface area (Å²) in [5, 5.41) is 18.3. The number of aliphatic hydroxyl groups excluding tert-OH is 2. The number of carbonyl (C=O) groups is 2. The van der Waals surface area contributed by atoms with Crippen LogP contribution in [0, 0.1) is 0 Å². The van der Waals surface area contributed by atoms with Crippen molar-refractivity contribution in [3.05, 3.63) is 24.3 Å². The number of phosphoric acid groups is 1. The fourth-order valence-corrected chi connectivity index (χ4v) is 6.54. The minimum atomic E-state index is -4.62. The topological polar surface area (TPSA) is 149 Å². The number of hydrogen-bond donors (Lipinski definition) is 3. The van der Waals surface area contributed by atoms with Crippen molar-refractivity contribution in [2.45, 2.75) is 206 Å². The Kier molecular flexibility index (Phi) is 43.3. The molecule has 3 N–H and O–H groups in total. The maximum atomic E-state index is 12.6. The summed E-state index contributed by atoms with van der Waals surface area (Å²) in [7, 11) is -4.62. The van der Waals surface area contributed by atoms with E-state index in [2.05, 4.69) is 42.7 Å². The Bertz CT molecular complexity index is 948. The molecule has 54 heavy (non-hydrogen) atoms. The number of phosphoric ester groups is 1. The van der Waals surface area contributed by atoms with Gasteiger partial charge >= 0.3 is 19.8 Å². The molecule has 10 nitrogen and oxygen atoms in total. The average Bonchev–Trinajstić information content (AvgIpc) is 3.14. The van der Waals surface area contributed by atoms with Crippen molar-refractivity contribution in [3.8, 4) is 0 Å². The van der Waals surface area contributed by atoms with Gasteiger partial charge in [-0.25, -0.2) is 4.57 Å². The molecule has 0 amide bonds. The number of hydrogen-bond acceptors (Lipinski definition) is 9. The molecule has 3 unspecified atom stereocenters. The van der Waals surface area contributed by atoms with Crippen LogP contribution >= 0.6 is 7.82 Å². The Balaban J connectivity index is 0. The number of rotatable bonds is 40. The molecule has 0 spiro atoms. The van der Waals surface area contributed by atoms with Crippen LogP contribution in [-0.4, -0.2) is 95.2 Å². The normalized spacial score (nSPS) is 13.9. The van der Waals surface area contributed by atoms with Crippen molar-refractivity contribution in [2.75, 3.05) is 26.4 Å². The first-order chi connectivity index (χ1) is 25.7. The van der Waals surface area contributed by atoms with Gasteiger partial charge in [0.2, 0.25) is 0 Å². The molecule has 3 atom stereocenters. The number of allylic oxidation sites excluding steroid dienone is 4. The summed E-state index contributed by atoms with van der Waals surface area (Å²) in [5.74, 6) is -0.940. The summed E-state index contributed by atoms with van der Waals surface area (Å²) >= 11 is 0. The maximum absolute atomic E-state index is 12.6. The van der Waals surface area contributed by atoms with Gasteiger partial charge in [-0.05, 0) is 64.2 Å². The van der Waals surface area contributed by atoms with E-state index >= 15 is 0 Å². The van der Waals surface area contributed by atoms with Gasteiger partial charge < -0.3 is 24.6 Å². The third kappa shape index (κ3) is 41.1. The van der Waals surface area contributed by atoms with Crippen molar-refractivity contribution < 1.29 is 47.8 Å². The Hall–Kier alpha value is -0.550. The monoisotopic (exact) mass is 798 g/mol. The minimum absolute atomic E-state index is 0. The van der Waals surface area contributed by atoms with E-state index in [1.807, 2.05) is 0 Å². The van der Waals surface area contributed by atoms with E-state index in [-0.39, 0.29) is 49.0 Å². The number of unbranched alkanes of at least 4 members (excludes halogenated alkanes) is 22. The van der Waals surface area contributed by atoms with Crippen molar-refractivity contribution >= 4 is 49.3 Å². The van der Waals surface area contributed by atoms with Crippen LogP contribution in [0.2, 0.25) is 0 Å². The molecular formula is C42H79NaO10P. The predicted molar refractivity (Wildman–Crippen MR) is 220 cm³/mol. The summed E-state index contributed by atoms with van der Waals surface area (Å²) < 4.78 is 32.7. The smallest absolute Gasteiger partial charge is 0.462 e. The molecule has 313 valence electrons. The van der Waals surface area contributed by atoms with Crippen molar-refractivity contribution in [1.29, 1.82) is 0 Å². The van der Waals surface area contributed by atoms with Crippen LogP contribution in [0.1, 0.15) is 194 Å². The summed E-state index contributed by atoms with van der Waals surface area (Å²) in [6.07, 6.45) is 37.1. The fourth-order valence-electron chi connectivity index (χ4n) is 5.75. The average molecular weight is 798 g/mol. The number of carbonyl (C=O) groups excluding carboxylic acids is 2. The molecule has 1 radical (unpaired) electrons. The van der Waals surface area contributed by atoms with Crippen molar-refractivity contribution in [2.24, 2.45) is 0 Å². The molecule has 0 aliphatic heterocycles. The Morgan fingerprint density at radius 1 is 0.556 bits per heavy atom. The molecule has 12 heteroatoms. The molecule has 0 fully saturated rings. The Morgan fingerprint density at radius 2 is 0.926 bits per heavy atom. The molecule has 0 saturated heterocycles. The second-order valence-electron chi connectivity index (χ2n) is 14.4. The second-order valence-corrected chi connectivity index (χ2v) is 15.8. The van der Waals surface area contributed by atoms with Crippen molar-refractivity contribution in [3.63, 3.8) is 0 Å². The van der Waals surface area contributed by atoms with E-state index in [1.54, 1.807) is 0 Å². The molecule has 0 aromatic rings. The predicted octanol–water partition coefficient (Wildman–Crippen LogP) is 10.6. The van der Waals surface area contributed by atoms with Gasteiger partial charge in [-0.1, -0.05) is 141 Å². The zero-order valence-corrected chi connectivity index (χ0v) is 37.6. The summed E-state index contributed by atoms with van der Waals surface area (Å²) in [6.45, 7) is 2.36. The molecular weight excluding hydrogens is 718 g/mol. The third-order valence-corrected chi connectivity index (χ3v) is 10.0. The molecule has 0 saturated carbocycles. The maximum Gasteiger partial charge on any atom is 0.472 e. The van der Waals surface area contributed by atoms with E-state index in [0.717, 1.165) is 70.6 Å². The Labute approximate surface area is 351 Å². The first-order valence-corrected chi connectivity index (χ1v) is 22.8. The van der Waals surface area contributed by atoms with Crippen LogP contribution in [0.4, 0.5) is 0 Å². The third-order valence-electron chi connectivity index (χ3n) is 9.08. The van der Waals surface area contributed by atoms with Crippen LogP contribution in [0.25, 0.3) is 0 Å². The van der Waals surface area contributed by atoms with Gasteiger partial charge in [-0.3, -0.25) is 18.6 Å². The van der Waals surface area contributed by atoms with Gasteiger partial charge in [-0.15, -0.1) is 0 Å². The zero-order chi connectivity index (χ0) is 39.1. The largest absolute Gasteiger partial charge is 0.472 e. The van der Waals surface area contributed by atoms with Gasteiger partial charge in [0.25, 0.3) is 0 Å². The van der Waals surface area contributed by atoms with Gasteiger partial charge in [0.15, 0.2) is 6.10 Å². The summed E-state index contributed by atoms with van der Waals surface area (Å²) in [6, 6.07) is 0. The van der Waals surface area contributed by atoms with Crippen LogP contribution in [-0.2, 0) is 32.7 Å². The molecule has 0 aliphatic carbocycles. The zero-order valence-electron chi connectivity index (χ0n) is 34.7. The van der Waals surface area contributed by atoms with Crippen LogP contribution in [0.3, 0.4) is 0 Å². The van der Waals surface area contributed by atoms with Gasteiger partial charge in [0.05, 0.1) is 19.8 Å². The summed E-state index contributed by atoms with van der Waals surface area (Å²) in [4.78, 5) is 34.9. The van der Waals surface area contributed by atoms with E-state index in [9.17, 15) is 24.2 Å². The SMILES string of the molecule is CCCCCCCC/C=C/CCCCCCCC(=O)OCC(COP(=O)(O)OCC(O)CO)OC(=O)CCCCCCC/C=C/CCCCCCCC.[Na]. The van der Waals surface area contributed by atoms with Gasteiger partial charge in [-0.2, -0.15) is 0 Å². The standard InChI is InChI=1S/C42H79O10P.Na/c1-3-5-7-9-11-13-15-17-19-21-23-25-27-29-31-33-41(45)49-37-40(38-51-53(47,48)50-36-39(44)35-43)52-42(46)34-32-30-28-26-24-22-20-18-16-14-12-10-8-6-4-2;/h17-20,39-40,43-44H,3-16,21-38H2,1-2H3,(H,47,48);/b19-17+,20-18+;. The van der Waals surface area contributed by atoms with E-state index < -0.39 is 51.8 Å². The van der Waals surface area contributed by atoms with E-state index in [0.29, 0.717) is 12.8 Å². The molecule has 0 rings (SSSR count). The fraction of sp³-hybridized carbons (Fsp3) is 0.857. The first-order valence-electron chi connectivity index (χ1n) is 21.3. The number of esters is 2. The first kappa shape index (κ1) is 55.5. The van der Waals surface area contributed by atoms with E-state index in [1.165, 1.54) is 83.5 Å². The van der Waals surface area contributed by atoms with Crippen molar-refractivity contribution in [1.82, 2.24) is 0 Å². The van der Waals surface area contributed by atoms with Gasteiger partial charge in [0, 0.05) is 42.4 Å². The second kappa shape index (κ2) is 42.1. The van der Waals surface area contributed by atoms with Crippen LogP contribution in [0.15, 0.2) is 24.3 Å². The molecule has 0 heterocycles. The summed E-state index contributed by atoms with van der Waals surface area (Å²) in [5.41, 5.74) is 0. The Morgan fingerprint density at radius 3 is 1.35 bits per heavy atom. The van der Waals surface area contributed by atoms with Crippen LogP contribution in [0.5, 0.6) is 0 Å². The molecule has 0 aromatic carbocycles. The van der Waals surface area contributed by atoms with Gasteiger partial charge in [0.1, 0.15) is 12.7 Å². The quantitative estimate of drug-likeness (QED) is 0.0180. The molecule has 0 bridgehead atoms. The molecule has 0 aromatic heterocycles. The van der Waals surface area contributed by atoms with Crippen LogP contribution < -0.4 is 0 Å². The van der Waals surface area contributed by atoms with E-state index in [4.69, 9.17) is 19.1 Å². The number of ether oxygens (including phenoxy) is 2. The minimum Gasteiger partial charge on any atom is -0.462 e. The number of aliphatic hydroxyl groups is 2. The molecule has 0 aliphatic rings.